The summed E-state index contributed by atoms with van der Waals surface area (Å²) in [5, 5.41) is 0. The van der Waals surface area contributed by atoms with Gasteiger partial charge in [-0.05, 0) is 26.9 Å². The minimum absolute atomic E-state index is 0.113. The number of hydrogen-bond donors (Lipinski definition) is 0. The Hall–Kier alpha value is -0.570. The third kappa shape index (κ3) is 11.7. The SMILES string of the molecule is CCCCCCCCCN(C)CC(=O)OCC. The molecule has 3 nitrogen and oxygen atoms in total. The number of esters is 1. The van der Waals surface area contributed by atoms with Crippen molar-refractivity contribution < 1.29 is 9.53 Å². The van der Waals surface area contributed by atoms with E-state index >= 15 is 0 Å². The van der Waals surface area contributed by atoms with Crippen molar-refractivity contribution in [2.45, 2.75) is 58.8 Å². The van der Waals surface area contributed by atoms with E-state index in [1.54, 1.807) is 0 Å². The number of carbonyl (C=O) groups excluding carboxylic acids is 1. The Kier molecular flexibility index (Phi) is 11.5. The second kappa shape index (κ2) is 11.9. The molecule has 0 saturated carbocycles. The fourth-order valence-corrected chi connectivity index (χ4v) is 1.84. The van der Waals surface area contributed by atoms with Gasteiger partial charge in [0, 0.05) is 0 Å². The zero-order valence-electron chi connectivity index (χ0n) is 11.8. The molecule has 102 valence electrons. The first-order valence-electron chi connectivity index (χ1n) is 7.04. The molecule has 0 saturated heterocycles. The van der Waals surface area contributed by atoms with Crippen molar-refractivity contribution in [1.82, 2.24) is 4.90 Å². The number of nitrogens with zero attached hydrogens (tertiary/aromatic N) is 1. The second-order valence-corrected chi connectivity index (χ2v) is 4.66. The van der Waals surface area contributed by atoms with Gasteiger partial charge in [0.15, 0.2) is 0 Å². The summed E-state index contributed by atoms with van der Waals surface area (Å²) in [7, 11) is 1.98. The van der Waals surface area contributed by atoms with Gasteiger partial charge in [-0.2, -0.15) is 0 Å². The summed E-state index contributed by atoms with van der Waals surface area (Å²) < 4.78 is 4.90. The van der Waals surface area contributed by atoms with Gasteiger partial charge in [0.25, 0.3) is 0 Å². The van der Waals surface area contributed by atoms with Crippen LogP contribution < -0.4 is 0 Å². The van der Waals surface area contributed by atoms with Gasteiger partial charge in [0.2, 0.25) is 0 Å². The lowest BCUT2D eigenvalue weighted by atomic mass is 10.1. The zero-order chi connectivity index (χ0) is 12.9. The minimum atomic E-state index is -0.113. The van der Waals surface area contributed by atoms with Gasteiger partial charge in [-0.15, -0.1) is 0 Å². The molecule has 0 aliphatic rings. The van der Waals surface area contributed by atoms with Crippen LogP contribution in [0.3, 0.4) is 0 Å². The van der Waals surface area contributed by atoms with Gasteiger partial charge in [0.05, 0.1) is 13.2 Å². The highest BCUT2D eigenvalue weighted by molar-refractivity contribution is 5.71. The largest absolute Gasteiger partial charge is 0.465 e. The van der Waals surface area contributed by atoms with E-state index in [1.165, 1.54) is 44.9 Å². The van der Waals surface area contributed by atoms with E-state index < -0.39 is 0 Å². The Morgan fingerprint density at radius 1 is 1.00 bits per heavy atom. The highest BCUT2D eigenvalue weighted by Crippen LogP contribution is 2.07. The van der Waals surface area contributed by atoms with Gasteiger partial charge in [-0.3, -0.25) is 9.69 Å². The van der Waals surface area contributed by atoms with Crippen molar-refractivity contribution in [1.29, 1.82) is 0 Å². The molecule has 0 aromatic rings. The van der Waals surface area contributed by atoms with Crippen LogP contribution in [0.5, 0.6) is 0 Å². The maximum Gasteiger partial charge on any atom is 0.320 e. The molecule has 0 aromatic heterocycles. The van der Waals surface area contributed by atoms with Crippen molar-refractivity contribution in [2.24, 2.45) is 0 Å². The van der Waals surface area contributed by atoms with E-state index in [1.807, 2.05) is 18.9 Å². The third-order valence-electron chi connectivity index (χ3n) is 2.85. The first-order chi connectivity index (χ1) is 8.20. The number of rotatable bonds is 11. The Bertz CT molecular complexity index is 183. The van der Waals surface area contributed by atoms with Crippen molar-refractivity contribution in [2.75, 3.05) is 26.7 Å². The maximum atomic E-state index is 11.2. The Labute approximate surface area is 107 Å². The van der Waals surface area contributed by atoms with Crippen molar-refractivity contribution in [3.8, 4) is 0 Å². The number of likely N-dealkylation sites (N-methyl/N-ethyl adjacent to an activating group) is 1. The van der Waals surface area contributed by atoms with Crippen molar-refractivity contribution in [3.63, 3.8) is 0 Å². The summed E-state index contributed by atoms with van der Waals surface area (Å²) in [5.41, 5.74) is 0. The number of hydrogen-bond acceptors (Lipinski definition) is 3. The van der Waals surface area contributed by atoms with E-state index in [9.17, 15) is 4.79 Å². The van der Waals surface area contributed by atoms with Crippen LogP contribution in [0.15, 0.2) is 0 Å². The van der Waals surface area contributed by atoms with E-state index in [0.29, 0.717) is 13.2 Å². The average Bonchev–Trinajstić information content (AvgIpc) is 2.28. The van der Waals surface area contributed by atoms with Gasteiger partial charge in [-0.1, -0.05) is 45.4 Å². The van der Waals surface area contributed by atoms with Crippen LogP contribution in [0.4, 0.5) is 0 Å². The van der Waals surface area contributed by atoms with Crippen LogP contribution in [-0.4, -0.2) is 37.6 Å². The summed E-state index contributed by atoms with van der Waals surface area (Å²) >= 11 is 0. The molecule has 0 bridgehead atoms. The number of unbranched alkanes of at least 4 members (excludes halogenated alkanes) is 6. The highest BCUT2D eigenvalue weighted by Gasteiger charge is 2.05. The summed E-state index contributed by atoms with van der Waals surface area (Å²) in [4.78, 5) is 13.2. The molecule has 0 rings (SSSR count). The lowest BCUT2D eigenvalue weighted by Gasteiger charge is -2.15. The molecule has 0 heterocycles. The molecule has 17 heavy (non-hydrogen) atoms. The summed E-state index contributed by atoms with van der Waals surface area (Å²) in [6, 6.07) is 0. The second-order valence-electron chi connectivity index (χ2n) is 4.66. The number of ether oxygens (including phenoxy) is 1. The minimum Gasteiger partial charge on any atom is -0.465 e. The smallest absolute Gasteiger partial charge is 0.320 e. The Balaban J connectivity index is 3.27. The first kappa shape index (κ1) is 16.4. The first-order valence-corrected chi connectivity index (χ1v) is 7.04. The molecule has 0 aromatic carbocycles. The van der Waals surface area contributed by atoms with Crippen LogP contribution in [0.2, 0.25) is 0 Å². The molecule has 0 spiro atoms. The molecule has 0 aliphatic heterocycles. The van der Waals surface area contributed by atoms with Gasteiger partial charge in [-0.25, -0.2) is 0 Å². The summed E-state index contributed by atoms with van der Waals surface area (Å²) in [6.45, 7) is 5.97. The third-order valence-corrected chi connectivity index (χ3v) is 2.85. The molecular formula is C14H29NO2. The lowest BCUT2D eigenvalue weighted by molar-refractivity contribution is -0.144. The molecule has 0 amide bonds. The standard InChI is InChI=1S/C14H29NO2/c1-4-6-7-8-9-10-11-12-15(3)13-14(16)17-5-2/h4-13H2,1-3H3. The molecule has 0 atom stereocenters. The summed E-state index contributed by atoms with van der Waals surface area (Å²) in [5.74, 6) is -0.113. The normalized spacial score (nSPS) is 10.8. The molecule has 0 fully saturated rings. The fraction of sp³-hybridized carbons (Fsp3) is 0.929. The van der Waals surface area contributed by atoms with Gasteiger partial charge < -0.3 is 4.74 Å². The molecular weight excluding hydrogens is 214 g/mol. The average molecular weight is 243 g/mol. The van der Waals surface area contributed by atoms with Crippen molar-refractivity contribution in [3.05, 3.63) is 0 Å². The quantitative estimate of drug-likeness (QED) is 0.412. The topological polar surface area (TPSA) is 29.5 Å². The van der Waals surface area contributed by atoms with E-state index in [4.69, 9.17) is 4.74 Å². The van der Waals surface area contributed by atoms with E-state index in [-0.39, 0.29) is 5.97 Å². The van der Waals surface area contributed by atoms with Crippen LogP contribution in [0.1, 0.15) is 58.8 Å². The van der Waals surface area contributed by atoms with Gasteiger partial charge in [0.1, 0.15) is 0 Å². The molecule has 0 unspecified atom stereocenters. The van der Waals surface area contributed by atoms with Crippen LogP contribution in [-0.2, 0) is 9.53 Å². The van der Waals surface area contributed by atoms with Crippen molar-refractivity contribution >= 4 is 5.97 Å². The Morgan fingerprint density at radius 2 is 1.59 bits per heavy atom. The summed E-state index contributed by atoms with van der Waals surface area (Å²) in [6.07, 6.45) is 9.18. The molecule has 0 N–H and O–H groups in total. The highest BCUT2D eigenvalue weighted by atomic mass is 16.5. The predicted molar refractivity (Wildman–Crippen MR) is 72.1 cm³/mol. The Morgan fingerprint density at radius 3 is 2.18 bits per heavy atom. The van der Waals surface area contributed by atoms with E-state index in [0.717, 1.165) is 6.54 Å². The monoisotopic (exact) mass is 243 g/mol. The van der Waals surface area contributed by atoms with Crippen LogP contribution in [0, 0.1) is 0 Å². The predicted octanol–water partition coefficient (Wildman–Crippen LogP) is 3.23. The maximum absolute atomic E-state index is 11.2. The lowest BCUT2D eigenvalue weighted by Crippen LogP contribution is -2.28. The van der Waals surface area contributed by atoms with Gasteiger partial charge >= 0.3 is 5.97 Å². The van der Waals surface area contributed by atoms with Crippen LogP contribution >= 0.6 is 0 Å². The van der Waals surface area contributed by atoms with Crippen LogP contribution in [0.25, 0.3) is 0 Å². The van der Waals surface area contributed by atoms with E-state index in [2.05, 4.69) is 6.92 Å². The zero-order valence-corrected chi connectivity index (χ0v) is 11.8. The molecule has 0 aliphatic carbocycles. The fourth-order valence-electron chi connectivity index (χ4n) is 1.84. The number of carbonyl (C=O) groups is 1. The molecule has 3 heteroatoms. The molecule has 0 radical (unpaired) electrons.